The number of carboxylic acids is 1. The molecule has 2 N–H and O–H groups in total. The number of rotatable bonds is 6. The Balaban J connectivity index is 2.06. The molecular formula is C15H12Br2N2O4S. The van der Waals surface area contributed by atoms with Crippen LogP contribution in [0.3, 0.4) is 0 Å². The molecule has 0 fully saturated rings. The highest BCUT2D eigenvalue weighted by atomic mass is 79.9. The molecule has 0 atom stereocenters. The van der Waals surface area contributed by atoms with Gasteiger partial charge in [0.05, 0.1) is 28.6 Å². The van der Waals surface area contributed by atoms with Crippen LogP contribution in [-0.4, -0.2) is 34.8 Å². The predicted octanol–water partition coefficient (Wildman–Crippen LogP) is 4.04. The number of pyridine rings is 1. The highest BCUT2D eigenvalue weighted by molar-refractivity contribution is 9.11. The summed E-state index contributed by atoms with van der Waals surface area (Å²) in [4.78, 5) is 27.3. The van der Waals surface area contributed by atoms with E-state index in [0.29, 0.717) is 20.9 Å². The fraction of sp³-hybridized carbons (Fsp3) is 0.133. The molecule has 0 aliphatic rings. The number of methoxy groups -OCH3 is 1. The van der Waals surface area contributed by atoms with Crippen LogP contribution in [0, 0.1) is 0 Å². The molecular weight excluding hydrogens is 464 g/mol. The summed E-state index contributed by atoms with van der Waals surface area (Å²) in [5.41, 5.74) is 0.627. The minimum absolute atomic E-state index is 0.0299. The fourth-order valence-corrected chi connectivity index (χ4v) is 3.81. The molecule has 1 aromatic heterocycles. The molecule has 9 heteroatoms. The Morgan fingerprint density at radius 2 is 2.08 bits per heavy atom. The second-order valence-electron chi connectivity index (χ2n) is 4.46. The summed E-state index contributed by atoms with van der Waals surface area (Å²) >= 11 is 7.79. The molecule has 0 bridgehead atoms. The van der Waals surface area contributed by atoms with Crippen molar-refractivity contribution in [2.75, 3.05) is 18.2 Å². The summed E-state index contributed by atoms with van der Waals surface area (Å²) in [6, 6.07) is 6.44. The van der Waals surface area contributed by atoms with E-state index in [4.69, 9.17) is 9.84 Å². The summed E-state index contributed by atoms with van der Waals surface area (Å²) in [5, 5.41) is 12.2. The average molecular weight is 476 g/mol. The second kappa shape index (κ2) is 8.50. The maximum atomic E-state index is 12.1. The van der Waals surface area contributed by atoms with Gasteiger partial charge in [-0.3, -0.25) is 4.79 Å². The summed E-state index contributed by atoms with van der Waals surface area (Å²) in [6.07, 6.45) is 1.49. The first kappa shape index (κ1) is 18.8. The molecule has 0 aliphatic carbocycles. The van der Waals surface area contributed by atoms with Crippen molar-refractivity contribution in [3.63, 3.8) is 0 Å². The molecule has 0 radical (unpaired) electrons. The number of carboxylic acid groups (broad SMARTS) is 1. The first-order valence-corrected chi connectivity index (χ1v) is 9.13. The normalized spacial score (nSPS) is 10.3. The van der Waals surface area contributed by atoms with Crippen LogP contribution in [-0.2, 0) is 4.79 Å². The molecule has 2 aromatic rings. The first-order valence-electron chi connectivity index (χ1n) is 6.56. The topological polar surface area (TPSA) is 88.5 Å². The molecule has 0 unspecified atom stereocenters. The number of nitrogens with one attached hydrogen (secondary N) is 1. The van der Waals surface area contributed by atoms with Gasteiger partial charge in [0.1, 0.15) is 10.8 Å². The van der Waals surface area contributed by atoms with Crippen molar-refractivity contribution >= 4 is 61.2 Å². The van der Waals surface area contributed by atoms with Gasteiger partial charge in [0.15, 0.2) is 0 Å². The third kappa shape index (κ3) is 4.71. The van der Waals surface area contributed by atoms with Gasteiger partial charge in [-0.05, 0) is 50.1 Å². The van der Waals surface area contributed by atoms with Crippen molar-refractivity contribution in [3.05, 3.63) is 45.0 Å². The van der Waals surface area contributed by atoms with Gasteiger partial charge in [0, 0.05) is 16.7 Å². The lowest BCUT2D eigenvalue weighted by Gasteiger charge is -2.11. The number of amides is 1. The van der Waals surface area contributed by atoms with Crippen molar-refractivity contribution in [1.29, 1.82) is 0 Å². The van der Waals surface area contributed by atoms with Gasteiger partial charge >= 0.3 is 5.97 Å². The van der Waals surface area contributed by atoms with E-state index in [1.807, 2.05) is 0 Å². The number of aromatic nitrogens is 1. The summed E-state index contributed by atoms with van der Waals surface area (Å²) in [5.74, 6) is -0.750. The van der Waals surface area contributed by atoms with Crippen LogP contribution in [0.5, 0.6) is 5.75 Å². The molecule has 1 amide bonds. The quantitative estimate of drug-likeness (QED) is 0.613. The SMILES string of the molecule is COc1cc(NC(=O)CSc2ncccc2C(=O)O)c(Br)cc1Br. The largest absolute Gasteiger partial charge is 0.495 e. The lowest BCUT2D eigenvalue weighted by Crippen LogP contribution is -2.15. The molecule has 2 rings (SSSR count). The molecule has 1 heterocycles. The standard InChI is InChI=1S/C15H12Br2N2O4S/c1-23-12-6-11(9(16)5-10(12)17)19-13(20)7-24-14-8(15(21)22)3-2-4-18-14/h2-6H,7H2,1H3,(H,19,20)(H,21,22). The first-order chi connectivity index (χ1) is 11.4. The Morgan fingerprint density at radius 3 is 2.75 bits per heavy atom. The Bertz CT molecular complexity index is 786. The van der Waals surface area contributed by atoms with Crippen molar-refractivity contribution in [2.24, 2.45) is 0 Å². The Labute approximate surface area is 159 Å². The van der Waals surface area contributed by atoms with Gasteiger partial charge in [-0.15, -0.1) is 0 Å². The van der Waals surface area contributed by atoms with Crippen LogP contribution < -0.4 is 10.1 Å². The molecule has 0 spiro atoms. The second-order valence-corrected chi connectivity index (χ2v) is 7.14. The molecule has 0 aliphatic heterocycles. The van der Waals surface area contributed by atoms with Gasteiger partial charge < -0.3 is 15.2 Å². The van der Waals surface area contributed by atoms with Crippen molar-refractivity contribution in [1.82, 2.24) is 4.98 Å². The zero-order chi connectivity index (χ0) is 17.7. The lowest BCUT2D eigenvalue weighted by molar-refractivity contribution is -0.113. The number of carbonyl (C=O) groups is 2. The van der Waals surface area contributed by atoms with Crippen LogP contribution in [0.1, 0.15) is 10.4 Å². The highest BCUT2D eigenvalue weighted by Crippen LogP contribution is 2.34. The number of nitrogens with zero attached hydrogens (tertiary/aromatic N) is 1. The Kier molecular flexibility index (Phi) is 6.64. The molecule has 126 valence electrons. The van der Waals surface area contributed by atoms with E-state index in [1.165, 1.54) is 19.4 Å². The number of thioether (sulfide) groups is 1. The smallest absolute Gasteiger partial charge is 0.338 e. The predicted molar refractivity (Wildman–Crippen MR) is 98.9 cm³/mol. The van der Waals surface area contributed by atoms with Crippen LogP contribution in [0.4, 0.5) is 5.69 Å². The van der Waals surface area contributed by atoms with E-state index < -0.39 is 5.97 Å². The molecule has 0 saturated heterocycles. The van der Waals surface area contributed by atoms with Crippen molar-refractivity contribution in [2.45, 2.75) is 5.03 Å². The Morgan fingerprint density at radius 1 is 1.33 bits per heavy atom. The number of anilines is 1. The van der Waals surface area contributed by atoms with E-state index >= 15 is 0 Å². The molecule has 1 aromatic carbocycles. The van der Waals surface area contributed by atoms with Crippen LogP contribution in [0.15, 0.2) is 44.4 Å². The van der Waals surface area contributed by atoms with Crippen LogP contribution in [0.2, 0.25) is 0 Å². The minimum Gasteiger partial charge on any atom is -0.495 e. The Hall–Kier alpha value is -1.58. The summed E-state index contributed by atoms with van der Waals surface area (Å²) in [7, 11) is 1.53. The van der Waals surface area contributed by atoms with Crippen molar-refractivity contribution < 1.29 is 19.4 Å². The number of hydrogen-bond donors (Lipinski definition) is 2. The number of halogens is 2. The maximum Gasteiger partial charge on any atom is 0.338 e. The number of ether oxygens (including phenoxy) is 1. The number of hydrogen-bond acceptors (Lipinski definition) is 5. The molecule has 0 saturated carbocycles. The van der Waals surface area contributed by atoms with Gasteiger partial charge in [0.25, 0.3) is 0 Å². The minimum atomic E-state index is -1.08. The van der Waals surface area contributed by atoms with E-state index in [0.717, 1.165) is 16.2 Å². The van der Waals surface area contributed by atoms with E-state index in [1.54, 1.807) is 18.2 Å². The molecule has 6 nitrogen and oxygen atoms in total. The summed E-state index contributed by atoms with van der Waals surface area (Å²) in [6.45, 7) is 0. The van der Waals surface area contributed by atoms with E-state index in [2.05, 4.69) is 42.2 Å². The fourth-order valence-electron chi connectivity index (χ4n) is 1.77. The third-order valence-corrected chi connectivity index (χ3v) is 5.14. The van der Waals surface area contributed by atoms with Crippen LogP contribution >= 0.6 is 43.6 Å². The highest BCUT2D eigenvalue weighted by Gasteiger charge is 2.14. The lowest BCUT2D eigenvalue weighted by atomic mass is 10.3. The zero-order valence-electron chi connectivity index (χ0n) is 12.4. The summed E-state index contributed by atoms with van der Waals surface area (Å²) < 4.78 is 6.64. The van der Waals surface area contributed by atoms with Gasteiger partial charge in [-0.25, -0.2) is 9.78 Å². The van der Waals surface area contributed by atoms with Crippen molar-refractivity contribution in [3.8, 4) is 5.75 Å². The monoisotopic (exact) mass is 474 g/mol. The number of benzene rings is 1. The zero-order valence-corrected chi connectivity index (χ0v) is 16.4. The van der Waals surface area contributed by atoms with Gasteiger partial charge in [-0.2, -0.15) is 0 Å². The van der Waals surface area contributed by atoms with E-state index in [9.17, 15) is 9.59 Å². The third-order valence-electron chi connectivity index (χ3n) is 2.86. The van der Waals surface area contributed by atoms with Gasteiger partial charge in [-0.1, -0.05) is 11.8 Å². The molecule has 24 heavy (non-hydrogen) atoms. The van der Waals surface area contributed by atoms with E-state index in [-0.39, 0.29) is 17.2 Å². The average Bonchev–Trinajstić information content (AvgIpc) is 2.55. The van der Waals surface area contributed by atoms with Crippen LogP contribution in [0.25, 0.3) is 0 Å². The maximum absolute atomic E-state index is 12.1. The number of carbonyl (C=O) groups excluding carboxylic acids is 1. The number of aromatic carboxylic acids is 1. The van der Waals surface area contributed by atoms with Gasteiger partial charge in [0.2, 0.25) is 5.91 Å².